The summed E-state index contributed by atoms with van der Waals surface area (Å²) in [5.41, 5.74) is 0.854. The lowest BCUT2D eigenvalue weighted by Crippen LogP contribution is -2.14. The SMILES string of the molecule is O=S(=O)(Nc1nn(Cc2ccccc2Cl)cc1Br)c1ccc(F)cc1. The zero-order valence-corrected chi connectivity index (χ0v) is 15.8. The monoisotopic (exact) mass is 443 g/mol. The largest absolute Gasteiger partial charge is 0.265 e. The van der Waals surface area contributed by atoms with Crippen LogP contribution in [0.15, 0.2) is 64.1 Å². The van der Waals surface area contributed by atoms with Gasteiger partial charge in [0.25, 0.3) is 10.0 Å². The average Bonchev–Trinajstić information content (AvgIpc) is 2.89. The molecule has 0 atom stereocenters. The van der Waals surface area contributed by atoms with Crippen LogP contribution >= 0.6 is 27.5 Å². The Kier molecular flexibility index (Phi) is 5.12. The van der Waals surface area contributed by atoms with Gasteiger partial charge in [0.2, 0.25) is 0 Å². The van der Waals surface area contributed by atoms with E-state index in [-0.39, 0.29) is 10.7 Å². The van der Waals surface area contributed by atoms with Crippen molar-refractivity contribution in [3.8, 4) is 0 Å². The maximum Gasteiger partial charge on any atom is 0.263 e. The first kappa shape index (κ1) is 17.9. The molecule has 0 aliphatic carbocycles. The highest BCUT2D eigenvalue weighted by Crippen LogP contribution is 2.25. The minimum Gasteiger partial charge on any atom is -0.265 e. The van der Waals surface area contributed by atoms with Gasteiger partial charge in [0.1, 0.15) is 5.82 Å². The van der Waals surface area contributed by atoms with Crippen molar-refractivity contribution < 1.29 is 12.8 Å². The molecule has 130 valence electrons. The van der Waals surface area contributed by atoms with E-state index in [2.05, 4.69) is 25.8 Å². The molecule has 1 aromatic heterocycles. The Labute approximate surface area is 157 Å². The first-order valence-corrected chi connectivity index (χ1v) is 9.75. The van der Waals surface area contributed by atoms with Crippen LogP contribution in [-0.4, -0.2) is 18.2 Å². The lowest BCUT2D eigenvalue weighted by atomic mass is 10.2. The number of anilines is 1. The lowest BCUT2D eigenvalue weighted by molar-refractivity contribution is 0.599. The van der Waals surface area contributed by atoms with Crippen LogP contribution in [0.1, 0.15) is 5.56 Å². The molecule has 25 heavy (non-hydrogen) atoms. The molecule has 3 rings (SSSR count). The first-order chi connectivity index (χ1) is 11.8. The van der Waals surface area contributed by atoms with Crippen molar-refractivity contribution in [1.29, 1.82) is 0 Å². The molecule has 5 nitrogen and oxygen atoms in total. The number of hydrogen-bond acceptors (Lipinski definition) is 3. The summed E-state index contributed by atoms with van der Waals surface area (Å²) in [5.74, 6) is -0.375. The number of nitrogens with one attached hydrogen (secondary N) is 1. The smallest absolute Gasteiger partial charge is 0.263 e. The predicted octanol–water partition coefficient (Wildman–Crippen LogP) is 4.29. The number of halogens is 3. The fraction of sp³-hybridized carbons (Fsp3) is 0.0625. The van der Waals surface area contributed by atoms with Gasteiger partial charge >= 0.3 is 0 Å². The zero-order valence-electron chi connectivity index (χ0n) is 12.7. The van der Waals surface area contributed by atoms with Crippen molar-refractivity contribution in [2.24, 2.45) is 0 Å². The zero-order chi connectivity index (χ0) is 18.0. The second-order valence-electron chi connectivity index (χ2n) is 5.17. The van der Waals surface area contributed by atoms with Gasteiger partial charge in [-0.1, -0.05) is 29.8 Å². The van der Waals surface area contributed by atoms with Gasteiger partial charge in [-0.2, -0.15) is 5.10 Å². The van der Waals surface area contributed by atoms with Gasteiger partial charge in [0, 0.05) is 11.2 Å². The van der Waals surface area contributed by atoms with Crippen LogP contribution in [0.25, 0.3) is 0 Å². The highest BCUT2D eigenvalue weighted by Gasteiger charge is 2.18. The van der Waals surface area contributed by atoms with E-state index in [1.807, 2.05) is 18.2 Å². The number of aromatic nitrogens is 2. The maximum absolute atomic E-state index is 13.0. The van der Waals surface area contributed by atoms with Gasteiger partial charge in [0.05, 0.1) is 15.9 Å². The molecule has 0 saturated heterocycles. The van der Waals surface area contributed by atoms with Crippen molar-refractivity contribution in [3.05, 3.63) is 75.6 Å². The summed E-state index contributed by atoms with van der Waals surface area (Å²) in [6.45, 7) is 0.385. The van der Waals surface area contributed by atoms with E-state index in [0.29, 0.717) is 16.0 Å². The molecule has 0 spiro atoms. The van der Waals surface area contributed by atoms with Crippen molar-refractivity contribution in [3.63, 3.8) is 0 Å². The average molecular weight is 445 g/mol. The fourth-order valence-corrected chi connectivity index (χ4v) is 3.91. The third kappa shape index (κ3) is 4.20. The summed E-state index contributed by atoms with van der Waals surface area (Å²) < 4.78 is 42.1. The molecule has 0 radical (unpaired) electrons. The molecule has 2 aromatic carbocycles. The molecule has 3 aromatic rings. The summed E-state index contributed by atoms with van der Waals surface area (Å²) in [6.07, 6.45) is 1.64. The molecular formula is C16H12BrClFN3O2S. The lowest BCUT2D eigenvalue weighted by Gasteiger charge is -2.06. The second kappa shape index (κ2) is 7.15. The van der Waals surface area contributed by atoms with Crippen molar-refractivity contribution in [2.45, 2.75) is 11.4 Å². The Hall–Kier alpha value is -1.90. The van der Waals surface area contributed by atoms with Crippen LogP contribution in [0, 0.1) is 5.82 Å². The van der Waals surface area contributed by atoms with Crippen LogP contribution in [0.3, 0.4) is 0 Å². The molecule has 9 heteroatoms. The number of sulfonamides is 1. The molecule has 0 bridgehead atoms. The molecule has 0 aliphatic heterocycles. The van der Waals surface area contributed by atoms with E-state index in [4.69, 9.17) is 11.6 Å². The molecule has 1 heterocycles. The molecule has 0 fully saturated rings. The number of benzene rings is 2. The molecule has 1 N–H and O–H groups in total. The van der Waals surface area contributed by atoms with Crippen LogP contribution in [0.2, 0.25) is 5.02 Å². The van der Waals surface area contributed by atoms with E-state index in [0.717, 1.165) is 17.7 Å². The van der Waals surface area contributed by atoms with E-state index < -0.39 is 15.8 Å². The topological polar surface area (TPSA) is 64.0 Å². The fourth-order valence-electron chi connectivity index (χ4n) is 2.15. The van der Waals surface area contributed by atoms with E-state index >= 15 is 0 Å². The quantitative estimate of drug-likeness (QED) is 0.638. The minimum absolute atomic E-state index is 0.0542. The summed E-state index contributed by atoms with van der Waals surface area (Å²) in [4.78, 5) is -0.0542. The number of rotatable bonds is 5. The van der Waals surface area contributed by atoms with Crippen molar-refractivity contribution >= 4 is 43.4 Å². The highest BCUT2D eigenvalue weighted by molar-refractivity contribution is 9.10. The Morgan fingerprint density at radius 1 is 1.16 bits per heavy atom. The van der Waals surface area contributed by atoms with Gasteiger partial charge in [-0.25, -0.2) is 12.8 Å². The molecular weight excluding hydrogens is 433 g/mol. The summed E-state index contributed by atoms with van der Waals surface area (Å²) in [5, 5.41) is 4.82. The van der Waals surface area contributed by atoms with E-state index in [9.17, 15) is 12.8 Å². The number of nitrogens with zero attached hydrogens (tertiary/aromatic N) is 2. The summed E-state index contributed by atoms with van der Waals surface area (Å²) in [7, 11) is -3.87. The molecule has 0 aliphatic rings. The summed E-state index contributed by atoms with van der Waals surface area (Å²) in [6, 6.07) is 11.9. The van der Waals surface area contributed by atoms with Crippen molar-refractivity contribution in [2.75, 3.05) is 4.72 Å². The molecule has 0 unspecified atom stereocenters. The Bertz CT molecular complexity index is 1010. The van der Waals surface area contributed by atoms with E-state index in [1.165, 1.54) is 12.1 Å². The molecule has 0 amide bonds. The van der Waals surface area contributed by atoms with Crippen LogP contribution in [0.4, 0.5) is 10.2 Å². The minimum atomic E-state index is -3.87. The summed E-state index contributed by atoms with van der Waals surface area (Å²) >= 11 is 9.41. The second-order valence-corrected chi connectivity index (χ2v) is 8.12. The van der Waals surface area contributed by atoms with Crippen LogP contribution in [-0.2, 0) is 16.6 Å². The number of hydrogen-bond donors (Lipinski definition) is 1. The van der Waals surface area contributed by atoms with Gasteiger partial charge in [-0.15, -0.1) is 0 Å². The van der Waals surface area contributed by atoms with Gasteiger partial charge < -0.3 is 0 Å². The van der Waals surface area contributed by atoms with Gasteiger partial charge in [0.15, 0.2) is 5.82 Å². The van der Waals surface area contributed by atoms with Crippen molar-refractivity contribution in [1.82, 2.24) is 9.78 Å². The standard InChI is InChI=1S/C16H12BrClFN3O2S/c17-14-10-22(9-11-3-1-2-4-15(11)18)20-16(14)21-25(23,24)13-7-5-12(19)6-8-13/h1-8,10H,9H2,(H,20,21). The first-order valence-electron chi connectivity index (χ1n) is 7.10. The Morgan fingerprint density at radius 3 is 2.52 bits per heavy atom. The van der Waals surface area contributed by atoms with Gasteiger partial charge in [-0.3, -0.25) is 9.40 Å². The van der Waals surface area contributed by atoms with Crippen LogP contribution < -0.4 is 4.72 Å². The molecule has 0 saturated carbocycles. The Balaban J connectivity index is 1.83. The highest BCUT2D eigenvalue weighted by atomic mass is 79.9. The van der Waals surface area contributed by atoms with E-state index in [1.54, 1.807) is 16.9 Å². The predicted molar refractivity (Wildman–Crippen MR) is 97.7 cm³/mol. The maximum atomic E-state index is 13.0. The van der Waals surface area contributed by atoms with Crippen LogP contribution in [0.5, 0.6) is 0 Å². The Morgan fingerprint density at radius 2 is 1.84 bits per heavy atom. The normalized spacial score (nSPS) is 11.5. The third-order valence-corrected chi connectivity index (χ3v) is 5.67. The third-order valence-electron chi connectivity index (χ3n) is 3.36. The van der Waals surface area contributed by atoms with Gasteiger partial charge in [-0.05, 0) is 51.8 Å².